The average Bonchev–Trinajstić information content (AvgIpc) is 3.28. The van der Waals surface area contributed by atoms with Crippen LogP contribution in [0.15, 0.2) is 42.6 Å². The van der Waals surface area contributed by atoms with Gasteiger partial charge < -0.3 is 9.64 Å². The van der Waals surface area contributed by atoms with Crippen molar-refractivity contribution in [3.05, 3.63) is 65.4 Å². The summed E-state index contributed by atoms with van der Waals surface area (Å²) in [7, 11) is 0. The van der Waals surface area contributed by atoms with Crippen LogP contribution in [0.2, 0.25) is 0 Å². The summed E-state index contributed by atoms with van der Waals surface area (Å²) in [6, 6.07) is 11.6. The van der Waals surface area contributed by atoms with Crippen molar-refractivity contribution < 1.29 is 9.53 Å². The van der Waals surface area contributed by atoms with Crippen molar-refractivity contribution in [1.82, 2.24) is 24.6 Å². The summed E-state index contributed by atoms with van der Waals surface area (Å²) >= 11 is 0. The predicted octanol–water partition coefficient (Wildman–Crippen LogP) is 2.88. The Hall–Kier alpha value is -3.22. The van der Waals surface area contributed by atoms with E-state index in [2.05, 4.69) is 15.1 Å². The standard InChI is InChI=1S/C21H23N5O2/c1-14-11-20(24-16(3)23-14)28-18-9-10-25(13-18)21(27)19-12-22-26(15(19)2)17-7-5-4-6-8-17/h4-8,11-12,18H,9-10,13H2,1-3H3. The van der Waals surface area contributed by atoms with Crippen LogP contribution in [0.4, 0.5) is 0 Å². The molecule has 1 atom stereocenters. The summed E-state index contributed by atoms with van der Waals surface area (Å²) in [5.74, 6) is 1.24. The Bertz CT molecular complexity index is 979. The third-order valence-corrected chi connectivity index (χ3v) is 4.90. The molecule has 1 aliphatic rings. The summed E-state index contributed by atoms with van der Waals surface area (Å²) in [6.07, 6.45) is 2.36. The minimum Gasteiger partial charge on any atom is -0.472 e. The van der Waals surface area contributed by atoms with E-state index in [0.29, 0.717) is 30.4 Å². The third kappa shape index (κ3) is 3.60. The van der Waals surface area contributed by atoms with Crippen molar-refractivity contribution >= 4 is 5.91 Å². The number of aromatic nitrogens is 4. The lowest BCUT2D eigenvalue weighted by Gasteiger charge is -2.17. The van der Waals surface area contributed by atoms with Crippen molar-refractivity contribution in [1.29, 1.82) is 0 Å². The van der Waals surface area contributed by atoms with Crippen molar-refractivity contribution in [2.24, 2.45) is 0 Å². The van der Waals surface area contributed by atoms with Gasteiger partial charge in [-0.2, -0.15) is 10.1 Å². The molecular formula is C21H23N5O2. The number of aryl methyl sites for hydroxylation is 2. The van der Waals surface area contributed by atoms with Crippen LogP contribution in [0.5, 0.6) is 5.88 Å². The summed E-state index contributed by atoms with van der Waals surface area (Å²) in [4.78, 5) is 23.4. The van der Waals surface area contributed by atoms with Crippen molar-refractivity contribution in [3.63, 3.8) is 0 Å². The second kappa shape index (κ2) is 7.42. The molecule has 0 saturated carbocycles. The number of carbonyl (C=O) groups excluding carboxylic acids is 1. The fraction of sp³-hybridized carbons (Fsp3) is 0.333. The molecule has 4 rings (SSSR count). The molecule has 1 aromatic carbocycles. The molecule has 144 valence electrons. The van der Waals surface area contributed by atoms with Crippen LogP contribution in [0.25, 0.3) is 5.69 Å². The number of ether oxygens (including phenoxy) is 1. The third-order valence-electron chi connectivity index (χ3n) is 4.90. The van der Waals surface area contributed by atoms with Crippen LogP contribution in [-0.2, 0) is 0 Å². The lowest BCUT2D eigenvalue weighted by molar-refractivity contribution is 0.0770. The molecular weight excluding hydrogens is 354 g/mol. The molecule has 1 amide bonds. The van der Waals surface area contributed by atoms with Gasteiger partial charge in [0.05, 0.1) is 29.7 Å². The normalized spacial score (nSPS) is 16.4. The Morgan fingerprint density at radius 2 is 1.93 bits per heavy atom. The van der Waals surface area contributed by atoms with E-state index in [0.717, 1.165) is 23.5 Å². The first-order valence-electron chi connectivity index (χ1n) is 9.39. The van der Waals surface area contributed by atoms with Gasteiger partial charge in [0.25, 0.3) is 5.91 Å². The maximum Gasteiger partial charge on any atom is 0.257 e. The average molecular weight is 377 g/mol. The molecule has 0 N–H and O–H groups in total. The number of nitrogens with zero attached hydrogens (tertiary/aromatic N) is 5. The lowest BCUT2D eigenvalue weighted by atomic mass is 10.2. The first kappa shape index (κ1) is 18.2. The molecule has 1 saturated heterocycles. The Morgan fingerprint density at radius 3 is 2.68 bits per heavy atom. The van der Waals surface area contributed by atoms with E-state index in [1.54, 1.807) is 10.9 Å². The van der Waals surface area contributed by atoms with E-state index in [-0.39, 0.29) is 12.0 Å². The maximum absolute atomic E-state index is 13.0. The summed E-state index contributed by atoms with van der Waals surface area (Å²) in [6.45, 7) is 6.87. The molecule has 1 fully saturated rings. The van der Waals surface area contributed by atoms with Gasteiger partial charge in [0.1, 0.15) is 11.9 Å². The monoisotopic (exact) mass is 377 g/mol. The minimum atomic E-state index is -0.0675. The first-order chi connectivity index (χ1) is 13.5. The van der Waals surface area contributed by atoms with Crippen LogP contribution in [-0.4, -0.2) is 49.7 Å². The lowest BCUT2D eigenvalue weighted by Crippen LogP contribution is -2.31. The fourth-order valence-corrected chi connectivity index (χ4v) is 3.54. The molecule has 3 heterocycles. The summed E-state index contributed by atoms with van der Waals surface area (Å²) in [5.41, 5.74) is 3.27. The highest BCUT2D eigenvalue weighted by Crippen LogP contribution is 2.21. The van der Waals surface area contributed by atoms with E-state index >= 15 is 0 Å². The number of hydrogen-bond donors (Lipinski definition) is 0. The first-order valence-corrected chi connectivity index (χ1v) is 9.39. The van der Waals surface area contributed by atoms with Crippen LogP contribution in [0, 0.1) is 20.8 Å². The van der Waals surface area contributed by atoms with E-state index < -0.39 is 0 Å². The molecule has 1 unspecified atom stereocenters. The van der Waals surface area contributed by atoms with Crippen LogP contribution >= 0.6 is 0 Å². The SMILES string of the molecule is Cc1cc(OC2CCN(C(=O)c3cnn(-c4ccccc4)c3C)C2)nc(C)n1. The largest absolute Gasteiger partial charge is 0.472 e. The topological polar surface area (TPSA) is 73.1 Å². The number of carbonyl (C=O) groups is 1. The Labute approximate surface area is 164 Å². The van der Waals surface area contributed by atoms with Crippen molar-refractivity contribution in [2.45, 2.75) is 33.3 Å². The molecule has 0 bridgehead atoms. The number of amides is 1. The molecule has 7 nitrogen and oxygen atoms in total. The smallest absolute Gasteiger partial charge is 0.257 e. The number of hydrogen-bond acceptors (Lipinski definition) is 5. The van der Waals surface area contributed by atoms with Gasteiger partial charge in [-0.1, -0.05) is 18.2 Å². The second-order valence-electron chi connectivity index (χ2n) is 7.07. The van der Waals surface area contributed by atoms with Gasteiger partial charge in [0.2, 0.25) is 5.88 Å². The molecule has 1 aliphatic heterocycles. The van der Waals surface area contributed by atoms with Crippen LogP contribution < -0.4 is 4.74 Å². The highest BCUT2D eigenvalue weighted by atomic mass is 16.5. The van der Waals surface area contributed by atoms with Gasteiger partial charge in [-0.3, -0.25) is 4.79 Å². The van der Waals surface area contributed by atoms with Crippen molar-refractivity contribution in [2.75, 3.05) is 13.1 Å². The molecule has 0 radical (unpaired) electrons. The zero-order chi connectivity index (χ0) is 19.7. The number of rotatable bonds is 4. The van der Waals surface area contributed by atoms with Crippen LogP contribution in [0.3, 0.4) is 0 Å². The quantitative estimate of drug-likeness (QED) is 0.699. The number of benzene rings is 1. The molecule has 2 aromatic heterocycles. The van der Waals surface area contributed by atoms with Gasteiger partial charge in [-0.05, 0) is 32.9 Å². The highest BCUT2D eigenvalue weighted by Gasteiger charge is 2.30. The minimum absolute atomic E-state index is 0.0131. The summed E-state index contributed by atoms with van der Waals surface area (Å²) < 4.78 is 7.79. The van der Waals surface area contributed by atoms with E-state index in [4.69, 9.17) is 4.74 Å². The maximum atomic E-state index is 13.0. The number of para-hydroxylation sites is 1. The van der Waals surface area contributed by atoms with E-state index in [9.17, 15) is 4.79 Å². The summed E-state index contributed by atoms with van der Waals surface area (Å²) in [5, 5.41) is 4.41. The van der Waals surface area contributed by atoms with Gasteiger partial charge >= 0.3 is 0 Å². The molecule has 28 heavy (non-hydrogen) atoms. The molecule has 3 aromatic rings. The van der Waals surface area contributed by atoms with Gasteiger partial charge in [-0.15, -0.1) is 0 Å². The van der Waals surface area contributed by atoms with Gasteiger partial charge in [-0.25, -0.2) is 9.67 Å². The van der Waals surface area contributed by atoms with Crippen molar-refractivity contribution in [3.8, 4) is 11.6 Å². The molecule has 7 heteroatoms. The Kier molecular flexibility index (Phi) is 4.81. The zero-order valence-corrected chi connectivity index (χ0v) is 16.3. The van der Waals surface area contributed by atoms with Gasteiger partial charge in [0, 0.05) is 24.7 Å². The van der Waals surface area contributed by atoms with E-state index in [1.807, 2.05) is 62.1 Å². The zero-order valence-electron chi connectivity index (χ0n) is 16.3. The second-order valence-corrected chi connectivity index (χ2v) is 7.07. The molecule has 0 aliphatic carbocycles. The highest BCUT2D eigenvalue weighted by molar-refractivity contribution is 5.95. The number of likely N-dealkylation sites (tertiary alicyclic amines) is 1. The fourth-order valence-electron chi connectivity index (χ4n) is 3.54. The predicted molar refractivity (Wildman–Crippen MR) is 105 cm³/mol. The molecule has 0 spiro atoms. The Morgan fingerprint density at radius 1 is 1.14 bits per heavy atom. The van der Waals surface area contributed by atoms with Crippen LogP contribution in [0.1, 0.15) is 34.0 Å². The van der Waals surface area contributed by atoms with E-state index in [1.165, 1.54) is 0 Å². The van der Waals surface area contributed by atoms with Gasteiger partial charge in [0.15, 0.2) is 0 Å². The Balaban J connectivity index is 1.46.